The van der Waals surface area contributed by atoms with Gasteiger partial charge in [0.25, 0.3) is 0 Å². The molecule has 1 saturated heterocycles. The highest BCUT2D eigenvalue weighted by molar-refractivity contribution is 5.91. The summed E-state index contributed by atoms with van der Waals surface area (Å²) in [4.78, 5) is 33.5. The molecule has 3 aromatic rings. The van der Waals surface area contributed by atoms with E-state index in [2.05, 4.69) is 16.0 Å². The minimum atomic E-state index is -0.477. The zero-order valence-corrected chi connectivity index (χ0v) is 18.7. The fraction of sp³-hybridized carbons (Fsp3) is 0.280. The van der Waals surface area contributed by atoms with E-state index in [1.807, 2.05) is 22.9 Å². The number of piperazine rings is 1. The minimum absolute atomic E-state index is 0.0106. The smallest absolute Gasteiger partial charge is 0.338 e. The van der Waals surface area contributed by atoms with Gasteiger partial charge in [-0.05, 0) is 41.5 Å². The van der Waals surface area contributed by atoms with Gasteiger partial charge in [-0.3, -0.25) is 9.69 Å². The first-order valence-electron chi connectivity index (χ1n) is 11.0. The van der Waals surface area contributed by atoms with E-state index in [0.717, 1.165) is 11.3 Å². The molecule has 9 heteroatoms. The van der Waals surface area contributed by atoms with E-state index in [1.54, 1.807) is 35.5 Å². The molecule has 0 spiro atoms. The van der Waals surface area contributed by atoms with Crippen molar-refractivity contribution in [2.45, 2.75) is 19.6 Å². The molecule has 0 aliphatic carbocycles. The number of amides is 1. The second kappa shape index (κ2) is 9.00. The van der Waals surface area contributed by atoms with E-state index in [-0.39, 0.29) is 19.0 Å². The first-order chi connectivity index (χ1) is 16.5. The molecule has 1 atom stereocenters. The molecule has 172 valence electrons. The first kappa shape index (κ1) is 21.7. The van der Waals surface area contributed by atoms with E-state index in [1.165, 1.54) is 7.11 Å². The number of aromatic nitrogens is 2. The van der Waals surface area contributed by atoms with Crippen LogP contribution in [0.25, 0.3) is 0 Å². The van der Waals surface area contributed by atoms with Crippen LogP contribution in [-0.4, -0.2) is 58.0 Å². The van der Waals surface area contributed by atoms with Crippen LogP contribution >= 0.6 is 0 Å². The molecule has 6 bridgehead atoms. The van der Waals surface area contributed by atoms with Gasteiger partial charge in [-0.2, -0.15) is 5.26 Å². The number of rotatable bonds is 1. The van der Waals surface area contributed by atoms with Crippen LogP contribution in [0.2, 0.25) is 0 Å². The lowest BCUT2D eigenvalue weighted by molar-refractivity contribution is -0.136. The summed E-state index contributed by atoms with van der Waals surface area (Å²) in [5, 5.41) is 9.60. The standard InChI is InChI=1S/C25H23N5O4/c1-33-25(32)22-5-4-21-9-19(22)13-29-7-6-28(15-24(29)31)14-20-11-27-16-30(20)12-17-2-3-18(10-26)23(8-17)34-21/h2-5,8-9,11,16H,6-7,12-15H2,1H3. The maximum absolute atomic E-state index is 13.0. The average molecular weight is 457 g/mol. The predicted octanol–water partition coefficient (Wildman–Crippen LogP) is 2.54. The molecular weight excluding hydrogens is 434 g/mol. The molecule has 6 rings (SSSR count). The highest BCUT2D eigenvalue weighted by Gasteiger charge is 2.27. The Morgan fingerprint density at radius 3 is 2.79 bits per heavy atom. The third-order valence-electron chi connectivity index (χ3n) is 6.17. The van der Waals surface area contributed by atoms with Crippen molar-refractivity contribution in [3.63, 3.8) is 0 Å². The van der Waals surface area contributed by atoms with E-state index in [4.69, 9.17) is 9.47 Å². The number of nitrogens with zero attached hydrogens (tertiary/aromatic N) is 5. The summed E-state index contributed by atoms with van der Waals surface area (Å²) in [6, 6.07) is 12.7. The minimum Gasteiger partial charge on any atom is -0.465 e. The summed E-state index contributed by atoms with van der Waals surface area (Å²) < 4.78 is 13.1. The lowest BCUT2D eigenvalue weighted by Gasteiger charge is -2.34. The number of carbonyl (C=O) groups is 2. The van der Waals surface area contributed by atoms with Crippen molar-refractivity contribution in [2.24, 2.45) is 0 Å². The van der Waals surface area contributed by atoms with E-state index in [0.29, 0.717) is 54.4 Å². The van der Waals surface area contributed by atoms with Crippen LogP contribution in [0, 0.1) is 11.3 Å². The Morgan fingerprint density at radius 1 is 1.12 bits per heavy atom. The molecule has 1 unspecified atom stereocenters. The Morgan fingerprint density at radius 2 is 2.00 bits per heavy atom. The van der Waals surface area contributed by atoms with Crippen LogP contribution in [0.4, 0.5) is 0 Å². The lowest BCUT2D eigenvalue weighted by Crippen LogP contribution is -2.49. The normalized spacial score (nSPS) is 17.5. The van der Waals surface area contributed by atoms with Gasteiger partial charge < -0.3 is 18.9 Å². The molecular formula is C25H23N5O4. The SMILES string of the molecule is COC(=O)c1ccc2cc1CN1CCN(CC1=O)Cc1cncn1Cc1ccc(C#N)c(c1)O2. The monoisotopic (exact) mass is 457 g/mol. The summed E-state index contributed by atoms with van der Waals surface area (Å²) in [6.07, 6.45) is 3.58. The Kier molecular flexibility index (Phi) is 5.74. The number of benzene rings is 2. The third kappa shape index (κ3) is 4.23. The molecule has 3 aliphatic rings. The van der Waals surface area contributed by atoms with Gasteiger partial charge in [0.1, 0.15) is 17.6 Å². The number of imidazole rings is 1. The maximum atomic E-state index is 13.0. The van der Waals surface area contributed by atoms with Gasteiger partial charge in [0.2, 0.25) is 5.91 Å². The summed E-state index contributed by atoms with van der Waals surface area (Å²) in [7, 11) is 1.33. The molecule has 0 radical (unpaired) electrons. The predicted molar refractivity (Wildman–Crippen MR) is 121 cm³/mol. The molecule has 0 N–H and O–H groups in total. The second-order valence-electron chi connectivity index (χ2n) is 8.39. The molecule has 9 nitrogen and oxygen atoms in total. The van der Waals surface area contributed by atoms with Crippen molar-refractivity contribution < 1.29 is 19.1 Å². The zero-order valence-electron chi connectivity index (χ0n) is 18.7. The second-order valence-corrected chi connectivity index (χ2v) is 8.39. The molecule has 3 aliphatic heterocycles. The van der Waals surface area contributed by atoms with E-state index < -0.39 is 5.97 Å². The first-order valence-corrected chi connectivity index (χ1v) is 11.0. The highest BCUT2D eigenvalue weighted by Crippen LogP contribution is 2.30. The summed E-state index contributed by atoms with van der Waals surface area (Å²) in [5.41, 5.74) is 3.36. The highest BCUT2D eigenvalue weighted by atomic mass is 16.5. The Bertz CT molecular complexity index is 1310. The van der Waals surface area contributed by atoms with E-state index in [9.17, 15) is 14.9 Å². The summed E-state index contributed by atoms with van der Waals surface area (Å²) in [5.74, 6) is 0.406. The Hall–Kier alpha value is -4.16. The van der Waals surface area contributed by atoms with Crippen molar-refractivity contribution >= 4 is 11.9 Å². The number of ether oxygens (including phenoxy) is 2. The quantitative estimate of drug-likeness (QED) is 0.518. The van der Waals surface area contributed by atoms with Crippen LogP contribution in [0.3, 0.4) is 0 Å². The Labute approximate surface area is 196 Å². The zero-order chi connectivity index (χ0) is 23.7. The molecule has 4 heterocycles. The van der Waals surface area contributed by atoms with Gasteiger partial charge in [-0.25, -0.2) is 9.78 Å². The molecule has 2 aromatic carbocycles. The van der Waals surface area contributed by atoms with Crippen molar-refractivity contribution in [1.29, 1.82) is 5.26 Å². The van der Waals surface area contributed by atoms with Crippen LogP contribution in [0.5, 0.6) is 11.5 Å². The van der Waals surface area contributed by atoms with Gasteiger partial charge >= 0.3 is 5.97 Å². The van der Waals surface area contributed by atoms with Gasteiger partial charge in [0.05, 0.1) is 36.8 Å². The fourth-order valence-electron chi connectivity index (χ4n) is 4.36. The summed E-state index contributed by atoms with van der Waals surface area (Å²) >= 11 is 0. The van der Waals surface area contributed by atoms with Crippen LogP contribution in [-0.2, 0) is 29.2 Å². The van der Waals surface area contributed by atoms with Gasteiger partial charge in [-0.1, -0.05) is 6.07 Å². The summed E-state index contributed by atoms with van der Waals surface area (Å²) in [6.45, 7) is 2.95. The number of hydrogen-bond donors (Lipinski definition) is 0. The van der Waals surface area contributed by atoms with Crippen molar-refractivity contribution in [3.8, 4) is 17.6 Å². The number of hydrogen-bond acceptors (Lipinski definition) is 7. The lowest BCUT2D eigenvalue weighted by atomic mass is 10.1. The molecule has 0 saturated carbocycles. The number of carbonyl (C=O) groups excluding carboxylic acids is 2. The maximum Gasteiger partial charge on any atom is 0.338 e. The molecule has 1 fully saturated rings. The van der Waals surface area contributed by atoms with Gasteiger partial charge in [0.15, 0.2) is 0 Å². The number of fused-ring (bicyclic) bond motifs is 2. The Balaban J connectivity index is 1.60. The molecule has 34 heavy (non-hydrogen) atoms. The van der Waals surface area contributed by atoms with Crippen LogP contribution in [0.1, 0.15) is 32.7 Å². The van der Waals surface area contributed by atoms with Crippen LogP contribution in [0.15, 0.2) is 48.9 Å². The average Bonchev–Trinajstić information content (AvgIpc) is 3.26. The van der Waals surface area contributed by atoms with Crippen LogP contribution < -0.4 is 4.74 Å². The fourth-order valence-corrected chi connectivity index (χ4v) is 4.36. The molecule has 1 aromatic heterocycles. The van der Waals surface area contributed by atoms with Crippen molar-refractivity contribution in [3.05, 3.63) is 76.9 Å². The number of methoxy groups -OCH3 is 1. The largest absolute Gasteiger partial charge is 0.465 e. The number of nitriles is 1. The van der Waals surface area contributed by atoms with Gasteiger partial charge in [-0.15, -0.1) is 0 Å². The topological polar surface area (TPSA) is 101 Å². The van der Waals surface area contributed by atoms with Crippen molar-refractivity contribution in [2.75, 3.05) is 26.7 Å². The van der Waals surface area contributed by atoms with Crippen molar-refractivity contribution in [1.82, 2.24) is 19.4 Å². The van der Waals surface area contributed by atoms with E-state index >= 15 is 0 Å². The number of esters is 1. The van der Waals surface area contributed by atoms with Gasteiger partial charge in [0, 0.05) is 38.9 Å². The molecule has 1 amide bonds. The third-order valence-corrected chi connectivity index (χ3v) is 6.17.